The van der Waals surface area contributed by atoms with Gasteiger partial charge in [-0.15, -0.1) is 0 Å². The van der Waals surface area contributed by atoms with Crippen LogP contribution in [0.25, 0.3) is 5.76 Å². The summed E-state index contributed by atoms with van der Waals surface area (Å²) < 4.78 is 11.1. The van der Waals surface area contributed by atoms with Crippen LogP contribution in [0.3, 0.4) is 0 Å². The average Bonchev–Trinajstić information content (AvgIpc) is 2.67. The minimum absolute atomic E-state index is 0.0145. The van der Waals surface area contributed by atoms with Crippen LogP contribution in [0.15, 0.2) is 60.2 Å². The Labute approximate surface area is 147 Å². The topological polar surface area (TPSA) is 59.3 Å². The third-order valence-electron chi connectivity index (χ3n) is 4.52. The zero-order valence-corrected chi connectivity index (χ0v) is 14.2. The van der Waals surface area contributed by atoms with Crippen LogP contribution in [0.1, 0.15) is 24.0 Å². The molecule has 1 aliphatic heterocycles. The Morgan fingerprint density at radius 3 is 2.40 bits per heavy atom. The summed E-state index contributed by atoms with van der Waals surface area (Å²) in [6, 6.07) is 19.3. The van der Waals surface area contributed by atoms with Crippen LogP contribution in [-0.2, 0) is 9.53 Å². The van der Waals surface area contributed by atoms with Gasteiger partial charge in [-0.05, 0) is 24.6 Å². The average molecular weight is 333 g/mol. The van der Waals surface area contributed by atoms with E-state index in [2.05, 4.69) is 6.07 Å². The molecule has 0 unspecified atom stereocenters. The minimum Gasteiger partial charge on any atom is -0.497 e. The van der Waals surface area contributed by atoms with E-state index in [4.69, 9.17) is 9.47 Å². The fraction of sp³-hybridized carbons (Fsp3) is 0.238. The molecule has 4 nitrogen and oxygen atoms in total. The van der Waals surface area contributed by atoms with E-state index in [9.17, 15) is 10.1 Å². The zero-order chi connectivity index (χ0) is 17.8. The molecule has 0 N–H and O–H groups in total. The summed E-state index contributed by atoms with van der Waals surface area (Å²) in [6.45, 7) is 1.81. The first kappa shape index (κ1) is 16.8. The van der Waals surface area contributed by atoms with Crippen molar-refractivity contribution in [3.63, 3.8) is 0 Å². The lowest BCUT2D eigenvalue weighted by Crippen LogP contribution is -2.30. The molecule has 0 saturated heterocycles. The summed E-state index contributed by atoms with van der Waals surface area (Å²) in [5, 5.41) is 9.83. The van der Waals surface area contributed by atoms with Gasteiger partial charge in [0.25, 0.3) is 0 Å². The van der Waals surface area contributed by atoms with Crippen LogP contribution in [0.4, 0.5) is 0 Å². The number of rotatable bonds is 4. The smallest absolute Gasteiger partial charge is 0.140 e. The Morgan fingerprint density at radius 2 is 1.84 bits per heavy atom. The molecule has 25 heavy (non-hydrogen) atoms. The molecule has 1 aliphatic rings. The molecular formula is C21H19NO3. The summed E-state index contributed by atoms with van der Waals surface area (Å²) in [4.78, 5) is 12.2. The van der Waals surface area contributed by atoms with Gasteiger partial charge in [0.1, 0.15) is 17.3 Å². The molecule has 0 aromatic heterocycles. The van der Waals surface area contributed by atoms with Gasteiger partial charge in [0.05, 0.1) is 31.3 Å². The highest BCUT2D eigenvalue weighted by Gasteiger charge is 2.37. The van der Waals surface area contributed by atoms with Crippen molar-refractivity contribution in [2.75, 3.05) is 13.7 Å². The largest absolute Gasteiger partial charge is 0.497 e. The van der Waals surface area contributed by atoms with E-state index in [1.165, 1.54) is 0 Å². The van der Waals surface area contributed by atoms with Crippen molar-refractivity contribution in [3.05, 3.63) is 71.3 Å². The number of carbonyl (C=O) groups is 1. The number of hydrogen-bond acceptors (Lipinski definition) is 4. The Bertz CT molecular complexity index is 832. The molecule has 0 saturated carbocycles. The number of Topliss-reactive ketones (excluding diaryl/α,β-unsaturated/α-hetero) is 1. The van der Waals surface area contributed by atoms with Crippen molar-refractivity contribution in [2.45, 2.75) is 12.8 Å². The zero-order valence-electron chi connectivity index (χ0n) is 14.2. The summed E-state index contributed by atoms with van der Waals surface area (Å²) in [6.07, 6.45) is 0. The van der Waals surface area contributed by atoms with E-state index in [0.717, 1.165) is 16.9 Å². The van der Waals surface area contributed by atoms with E-state index in [-0.39, 0.29) is 24.2 Å². The SMILES string of the molecule is COc1ccc([C@H]2C(C#N)=C(c3ccccc3)OC[C@@H]2C(C)=O)cc1. The highest BCUT2D eigenvalue weighted by molar-refractivity contribution is 5.83. The first-order valence-electron chi connectivity index (χ1n) is 8.12. The van der Waals surface area contributed by atoms with E-state index in [1.807, 2.05) is 54.6 Å². The number of hydrogen-bond donors (Lipinski definition) is 0. The van der Waals surface area contributed by atoms with Gasteiger partial charge < -0.3 is 9.47 Å². The molecule has 0 fully saturated rings. The summed E-state index contributed by atoms with van der Waals surface area (Å²) in [7, 11) is 1.61. The molecule has 2 aromatic carbocycles. The minimum atomic E-state index is -0.379. The number of benzene rings is 2. The van der Waals surface area contributed by atoms with Crippen LogP contribution in [0, 0.1) is 17.2 Å². The fourth-order valence-electron chi connectivity index (χ4n) is 3.20. The maximum atomic E-state index is 12.2. The number of carbonyl (C=O) groups excluding carboxylic acids is 1. The van der Waals surface area contributed by atoms with Gasteiger partial charge in [-0.25, -0.2) is 0 Å². The van der Waals surface area contributed by atoms with Crippen LogP contribution < -0.4 is 4.74 Å². The first-order chi connectivity index (χ1) is 12.2. The van der Waals surface area contributed by atoms with Crippen molar-refractivity contribution in [1.82, 2.24) is 0 Å². The predicted molar refractivity (Wildman–Crippen MR) is 94.8 cm³/mol. The molecule has 0 bridgehead atoms. The Morgan fingerprint density at radius 1 is 1.16 bits per heavy atom. The van der Waals surface area contributed by atoms with Gasteiger partial charge in [-0.3, -0.25) is 4.79 Å². The first-order valence-corrected chi connectivity index (χ1v) is 8.12. The molecule has 0 spiro atoms. The van der Waals surface area contributed by atoms with Crippen molar-refractivity contribution in [2.24, 2.45) is 5.92 Å². The predicted octanol–water partition coefficient (Wildman–Crippen LogP) is 3.95. The second kappa shape index (κ2) is 7.23. The van der Waals surface area contributed by atoms with Crippen LogP contribution in [0.5, 0.6) is 5.75 Å². The van der Waals surface area contributed by atoms with Crippen molar-refractivity contribution in [1.29, 1.82) is 5.26 Å². The Kier molecular flexibility index (Phi) is 4.85. The summed E-state index contributed by atoms with van der Waals surface area (Å²) in [5.41, 5.74) is 2.25. The third-order valence-corrected chi connectivity index (χ3v) is 4.52. The van der Waals surface area contributed by atoms with Crippen LogP contribution in [-0.4, -0.2) is 19.5 Å². The second-order valence-electron chi connectivity index (χ2n) is 6.00. The normalized spacial score (nSPS) is 19.7. The highest BCUT2D eigenvalue weighted by Crippen LogP contribution is 2.41. The van der Waals surface area contributed by atoms with Crippen molar-refractivity contribution < 1.29 is 14.3 Å². The highest BCUT2D eigenvalue weighted by atomic mass is 16.5. The molecule has 0 aliphatic carbocycles. The lowest BCUT2D eigenvalue weighted by molar-refractivity contribution is -0.122. The summed E-state index contributed by atoms with van der Waals surface area (Å²) >= 11 is 0. The standard InChI is InChI=1S/C21H19NO3/c1-14(23)19-13-25-21(16-6-4-3-5-7-16)18(12-22)20(19)15-8-10-17(24-2)11-9-15/h3-11,19-20H,13H2,1-2H3/t19-,20+/m1/s1. The number of nitriles is 1. The molecule has 0 amide bonds. The van der Waals surface area contributed by atoms with Crippen LogP contribution in [0.2, 0.25) is 0 Å². The number of ether oxygens (including phenoxy) is 2. The second-order valence-corrected chi connectivity index (χ2v) is 6.00. The van der Waals surface area contributed by atoms with E-state index >= 15 is 0 Å². The molecule has 4 heteroatoms. The lowest BCUT2D eigenvalue weighted by Gasteiger charge is -2.32. The fourth-order valence-corrected chi connectivity index (χ4v) is 3.20. The third kappa shape index (κ3) is 3.27. The van der Waals surface area contributed by atoms with Gasteiger partial charge >= 0.3 is 0 Å². The number of nitrogens with zero attached hydrogens (tertiary/aromatic N) is 1. The quantitative estimate of drug-likeness (QED) is 0.850. The Balaban J connectivity index is 2.14. The van der Waals surface area contributed by atoms with Crippen LogP contribution >= 0.6 is 0 Å². The maximum absolute atomic E-state index is 12.2. The van der Waals surface area contributed by atoms with Crippen molar-refractivity contribution in [3.8, 4) is 11.8 Å². The van der Waals surface area contributed by atoms with E-state index < -0.39 is 0 Å². The Hall–Kier alpha value is -3.06. The molecule has 3 rings (SSSR count). The van der Waals surface area contributed by atoms with Gasteiger partial charge in [-0.1, -0.05) is 42.5 Å². The van der Waals surface area contributed by atoms with Gasteiger partial charge in [0.15, 0.2) is 0 Å². The van der Waals surface area contributed by atoms with Crippen molar-refractivity contribution >= 4 is 11.5 Å². The maximum Gasteiger partial charge on any atom is 0.140 e. The molecule has 1 heterocycles. The van der Waals surface area contributed by atoms with Gasteiger partial charge in [0, 0.05) is 11.5 Å². The van der Waals surface area contributed by atoms with Gasteiger partial charge in [-0.2, -0.15) is 5.26 Å². The van der Waals surface area contributed by atoms with E-state index in [1.54, 1.807) is 14.0 Å². The summed E-state index contributed by atoms with van der Waals surface area (Å²) in [5.74, 6) is 0.607. The van der Waals surface area contributed by atoms with Gasteiger partial charge in [0.2, 0.25) is 0 Å². The molecule has 0 radical (unpaired) electrons. The molecule has 2 atom stereocenters. The molecular weight excluding hydrogens is 314 g/mol. The van der Waals surface area contributed by atoms with E-state index in [0.29, 0.717) is 11.3 Å². The molecule has 126 valence electrons. The lowest BCUT2D eigenvalue weighted by atomic mass is 9.77. The monoisotopic (exact) mass is 333 g/mol. The molecule has 2 aromatic rings. The number of methoxy groups -OCH3 is 1. The number of allylic oxidation sites excluding steroid dienone is 1. The number of ketones is 1.